The van der Waals surface area contributed by atoms with Crippen molar-refractivity contribution in [2.45, 2.75) is 39.2 Å². The van der Waals surface area contributed by atoms with Gasteiger partial charge in [-0.25, -0.2) is 15.0 Å². The van der Waals surface area contributed by atoms with Crippen LogP contribution in [-0.2, 0) is 6.54 Å². The molecule has 0 spiro atoms. The SMILES string of the molecule is CC(C)c1nccc(-c2c(-c3ccccc3)ncn2CC2CCNCC2)n1. The predicted molar refractivity (Wildman–Crippen MR) is 108 cm³/mol. The van der Waals surface area contributed by atoms with Crippen molar-refractivity contribution in [3.8, 4) is 22.6 Å². The first-order chi connectivity index (χ1) is 13.2. The molecule has 1 aliphatic heterocycles. The molecule has 27 heavy (non-hydrogen) atoms. The zero-order chi connectivity index (χ0) is 18.6. The Hall–Kier alpha value is -2.53. The highest BCUT2D eigenvalue weighted by atomic mass is 15.1. The van der Waals surface area contributed by atoms with Crippen molar-refractivity contribution in [2.24, 2.45) is 5.92 Å². The molecule has 3 heterocycles. The van der Waals surface area contributed by atoms with Crippen molar-refractivity contribution in [1.82, 2.24) is 24.8 Å². The first-order valence-electron chi connectivity index (χ1n) is 9.87. The summed E-state index contributed by atoms with van der Waals surface area (Å²) in [5.41, 5.74) is 4.18. The Morgan fingerprint density at radius 1 is 1.07 bits per heavy atom. The summed E-state index contributed by atoms with van der Waals surface area (Å²) >= 11 is 0. The fourth-order valence-electron chi connectivity index (χ4n) is 3.72. The van der Waals surface area contributed by atoms with Crippen LogP contribution < -0.4 is 5.32 Å². The molecule has 1 fully saturated rings. The van der Waals surface area contributed by atoms with Crippen LogP contribution in [0.3, 0.4) is 0 Å². The van der Waals surface area contributed by atoms with Gasteiger partial charge in [0.1, 0.15) is 5.82 Å². The summed E-state index contributed by atoms with van der Waals surface area (Å²) in [6.07, 6.45) is 6.27. The molecule has 1 saturated heterocycles. The molecule has 0 bridgehead atoms. The molecule has 0 aliphatic carbocycles. The molecule has 0 radical (unpaired) electrons. The van der Waals surface area contributed by atoms with Gasteiger partial charge in [-0.15, -0.1) is 0 Å². The van der Waals surface area contributed by atoms with E-state index >= 15 is 0 Å². The molecule has 2 aromatic heterocycles. The summed E-state index contributed by atoms with van der Waals surface area (Å²) in [6, 6.07) is 12.4. The lowest BCUT2D eigenvalue weighted by molar-refractivity contribution is 0.334. The predicted octanol–water partition coefficient (Wildman–Crippen LogP) is 4.13. The highest BCUT2D eigenvalue weighted by Crippen LogP contribution is 2.31. The second kappa shape index (κ2) is 8.01. The van der Waals surface area contributed by atoms with Gasteiger partial charge in [0.15, 0.2) is 0 Å². The quantitative estimate of drug-likeness (QED) is 0.742. The van der Waals surface area contributed by atoms with Crippen molar-refractivity contribution >= 4 is 0 Å². The molecule has 1 N–H and O–H groups in total. The van der Waals surface area contributed by atoms with Gasteiger partial charge in [-0.05, 0) is 37.9 Å². The summed E-state index contributed by atoms with van der Waals surface area (Å²) in [5.74, 6) is 1.85. The van der Waals surface area contributed by atoms with Crippen molar-refractivity contribution in [2.75, 3.05) is 13.1 Å². The molecule has 4 rings (SSSR count). The van der Waals surface area contributed by atoms with Gasteiger partial charge in [0.05, 0.1) is 23.4 Å². The van der Waals surface area contributed by atoms with Gasteiger partial charge in [-0.1, -0.05) is 44.2 Å². The zero-order valence-electron chi connectivity index (χ0n) is 16.1. The van der Waals surface area contributed by atoms with Gasteiger partial charge in [0, 0.05) is 24.2 Å². The Morgan fingerprint density at radius 3 is 2.59 bits per heavy atom. The first-order valence-corrected chi connectivity index (χ1v) is 9.87. The molecule has 140 valence electrons. The van der Waals surface area contributed by atoms with E-state index in [2.05, 4.69) is 53.0 Å². The Morgan fingerprint density at radius 2 is 1.85 bits per heavy atom. The third kappa shape index (κ3) is 3.93. The van der Waals surface area contributed by atoms with Crippen molar-refractivity contribution in [3.05, 3.63) is 54.7 Å². The molecule has 0 atom stereocenters. The molecule has 5 nitrogen and oxygen atoms in total. The Kier molecular flexibility index (Phi) is 5.30. The van der Waals surface area contributed by atoms with Crippen LogP contribution in [0.2, 0.25) is 0 Å². The number of benzene rings is 1. The molecule has 0 unspecified atom stereocenters. The van der Waals surface area contributed by atoms with Crippen LogP contribution in [0.1, 0.15) is 38.4 Å². The third-order valence-electron chi connectivity index (χ3n) is 5.23. The van der Waals surface area contributed by atoms with Crippen LogP contribution in [0.15, 0.2) is 48.9 Å². The van der Waals surface area contributed by atoms with E-state index in [1.54, 1.807) is 0 Å². The maximum atomic E-state index is 4.87. The van der Waals surface area contributed by atoms with E-state index in [0.29, 0.717) is 11.8 Å². The maximum absolute atomic E-state index is 4.87. The molecule has 1 aliphatic rings. The molecule has 0 amide bonds. The van der Waals surface area contributed by atoms with Gasteiger partial charge < -0.3 is 9.88 Å². The Bertz CT molecular complexity index is 879. The fraction of sp³-hybridized carbons (Fsp3) is 0.409. The van der Waals surface area contributed by atoms with E-state index in [1.165, 1.54) is 12.8 Å². The number of hydrogen-bond donors (Lipinski definition) is 1. The van der Waals surface area contributed by atoms with E-state index in [0.717, 1.165) is 48.1 Å². The van der Waals surface area contributed by atoms with Crippen LogP contribution in [-0.4, -0.2) is 32.6 Å². The number of imidazole rings is 1. The molecule has 0 saturated carbocycles. The zero-order valence-corrected chi connectivity index (χ0v) is 16.1. The number of nitrogens with zero attached hydrogens (tertiary/aromatic N) is 4. The van der Waals surface area contributed by atoms with Crippen LogP contribution in [0, 0.1) is 5.92 Å². The number of nitrogens with one attached hydrogen (secondary N) is 1. The van der Waals surface area contributed by atoms with Gasteiger partial charge in [-0.3, -0.25) is 0 Å². The van der Waals surface area contributed by atoms with Gasteiger partial charge in [0.25, 0.3) is 0 Å². The third-order valence-corrected chi connectivity index (χ3v) is 5.23. The minimum Gasteiger partial charge on any atom is -0.329 e. The number of rotatable bonds is 5. The summed E-state index contributed by atoms with van der Waals surface area (Å²) in [4.78, 5) is 14.1. The summed E-state index contributed by atoms with van der Waals surface area (Å²) in [7, 11) is 0. The standard InChI is InChI=1S/C22H27N5/c1-16(2)22-24-13-10-19(26-22)21-20(18-6-4-3-5-7-18)25-15-27(21)14-17-8-11-23-12-9-17/h3-7,10,13,15-17,23H,8-9,11-12,14H2,1-2H3. The summed E-state index contributed by atoms with van der Waals surface area (Å²) < 4.78 is 2.30. The monoisotopic (exact) mass is 361 g/mol. The van der Waals surface area contributed by atoms with Crippen LogP contribution >= 0.6 is 0 Å². The Balaban J connectivity index is 1.78. The molecular formula is C22H27N5. The largest absolute Gasteiger partial charge is 0.329 e. The van der Waals surface area contributed by atoms with E-state index in [-0.39, 0.29) is 0 Å². The average Bonchev–Trinajstić information content (AvgIpc) is 3.13. The number of aromatic nitrogens is 4. The van der Waals surface area contributed by atoms with E-state index in [1.807, 2.05) is 24.7 Å². The lowest BCUT2D eigenvalue weighted by Gasteiger charge is -2.24. The second-order valence-electron chi connectivity index (χ2n) is 7.61. The van der Waals surface area contributed by atoms with Crippen LogP contribution in [0.25, 0.3) is 22.6 Å². The summed E-state index contributed by atoms with van der Waals surface area (Å²) in [5, 5.41) is 3.45. The molecular weight excluding hydrogens is 334 g/mol. The highest BCUT2D eigenvalue weighted by molar-refractivity contribution is 5.76. The molecule has 3 aromatic rings. The average molecular weight is 361 g/mol. The number of hydrogen-bond acceptors (Lipinski definition) is 4. The van der Waals surface area contributed by atoms with Gasteiger partial charge in [0.2, 0.25) is 0 Å². The normalized spacial score (nSPS) is 15.4. The first kappa shape index (κ1) is 17.9. The topological polar surface area (TPSA) is 55.6 Å². The minimum absolute atomic E-state index is 0.297. The minimum atomic E-state index is 0.297. The molecule has 5 heteroatoms. The molecule has 1 aromatic carbocycles. The van der Waals surface area contributed by atoms with Crippen molar-refractivity contribution in [3.63, 3.8) is 0 Å². The van der Waals surface area contributed by atoms with E-state index < -0.39 is 0 Å². The smallest absolute Gasteiger partial charge is 0.131 e. The number of piperidine rings is 1. The van der Waals surface area contributed by atoms with Gasteiger partial charge in [-0.2, -0.15) is 0 Å². The van der Waals surface area contributed by atoms with Crippen molar-refractivity contribution < 1.29 is 0 Å². The lowest BCUT2D eigenvalue weighted by atomic mass is 9.98. The van der Waals surface area contributed by atoms with Crippen LogP contribution in [0.4, 0.5) is 0 Å². The maximum Gasteiger partial charge on any atom is 0.131 e. The fourth-order valence-corrected chi connectivity index (χ4v) is 3.72. The Labute approximate surface area is 160 Å². The lowest BCUT2D eigenvalue weighted by Crippen LogP contribution is -2.29. The van der Waals surface area contributed by atoms with Crippen LogP contribution in [0.5, 0.6) is 0 Å². The highest BCUT2D eigenvalue weighted by Gasteiger charge is 2.20. The second-order valence-corrected chi connectivity index (χ2v) is 7.61. The van der Waals surface area contributed by atoms with E-state index in [9.17, 15) is 0 Å². The summed E-state index contributed by atoms with van der Waals surface area (Å²) in [6.45, 7) is 7.45. The van der Waals surface area contributed by atoms with E-state index in [4.69, 9.17) is 9.97 Å². The van der Waals surface area contributed by atoms with Crippen molar-refractivity contribution in [1.29, 1.82) is 0 Å². The van der Waals surface area contributed by atoms with Gasteiger partial charge >= 0.3 is 0 Å².